The number of rotatable bonds is 9. The van der Waals surface area contributed by atoms with Crippen LogP contribution in [-0.2, 0) is 4.79 Å². The number of nitrogens with zero attached hydrogens (tertiary/aromatic N) is 4. The van der Waals surface area contributed by atoms with E-state index >= 15 is 0 Å². The number of hydrogen-bond donors (Lipinski definition) is 1. The number of nitro groups is 1. The zero-order valence-corrected chi connectivity index (χ0v) is 24.4. The quantitative estimate of drug-likeness (QED) is 0.125. The molecule has 1 N–H and O–H groups in total. The van der Waals surface area contributed by atoms with Crippen molar-refractivity contribution < 1.29 is 18.8 Å². The van der Waals surface area contributed by atoms with E-state index in [9.17, 15) is 24.1 Å². The summed E-state index contributed by atoms with van der Waals surface area (Å²) >= 11 is 6.62. The van der Waals surface area contributed by atoms with Crippen molar-refractivity contribution in [3.63, 3.8) is 0 Å². The van der Waals surface area contributed by atoms with Crippen LogP contribution in [-0.4, -0.2) is 33.3 Å². The molecule has 3 aromatic carbocycles. The van der Waals surface area contributed by atoms with Gasteiger partial charge in [-0.15, -0.1) is 0 Å². The Morgan fingerprint density at radius 2 is 1.98 bits per heavy atom. The summed E-state index contributed by atoms with van der Waals surface area (Å²) in [7, 11) is 0. The predicted octanol–water partition coefficient (Wildman–Crippen LogP) is 6.38. The first kappa shape index (κ1) is 29.0. The largest absolute Gasteiger partial charge is 0.476 e. The number of halogens is 3. The van der Waals surface area contributed by atoms with E-state index in [0.29, 0.717) is 32.1 Å². The molecule has 0 radical (unpaired) electrons. The van der Waals surface area contributed by atoms with Crippen LogP contribution in [0.15, 0.2) is 73.4 Å². The number of para-hydroxylation sites is 1. The van der Waals surface area contributed by atoms with Crippen molar-refractivity contribution in [2.75, 3.05) is 11.9 Å². The molecule has 0 aliphatic rings. The van der Waals surface area contributed by atoms with E-state index in [1.54, 1.807) is 24.3 Å². The number of nitrogens with one attached hydrogen (secondary N) is 1. The molecule has 1 aromatic heterocycles. The number of nitro benzene ring substituents is 1. The first-order valence-corrected chi connectivity index (χ1v) is 13.6. The minimum atomic E-state index is -0.732. The molecule has 1 atom stereocenters. The Kier molecular flexibility index (Phi) is 9.05. The van der Waals surface area contributed by atoms with Crippen molar-refractivity contribution in [1.82, 2.24) is 9.66 Å². The minimum Gasteiger partial charge on any atom is -0.476 e. The number of aromatic nitrogens is 2. The fourth-order valence-electron chi connectivity index (χ4n) is 3.77. The van der Waals surface area contributed by atoms with Crippen LogP contribution < -0.4 is 15.6 Å². The number of benzene rings is 3. The highest BCUT2D eigenvalue weighted by atomic mass is 79.9. The molecule has 10 nitrogen and oxygen atoms in total. The van der Waals surface area contributed by atoms with Crippen LogP contribution >= 0.6 is 31.9 Å². The molecule has 0 fully saturated rings. The lowest BCUT2D eigenvalue weighted by atomic mass is 10.1. The van der Waals surface area contributed by atoms with Crippen molar-refractivity contribution in [3.8, 4) is 5.75 Å². The second-order valence-corrected chi connectivity index (χ2v) is 10.6. The van der Waals surface area contributed by atoms with Crippen molar-refractivity contribution in [1.29, 1.82) is 0 Å². The van der Waals surface area contributed by atoms with Crippen molar-refractivity contribution in [3.05, 3.63) is 101 Å². The minimum absolute atomic E-state index is 0.0596. The average Bonchev–Trinajstić information content (AvgIpc) is 2.92. The lowest BCUT2D eigenvalue weighted by molar-refractivity contribution is -0.385. The van der Waals surface area contributed by atoms with E-state index in [1.165, 1.54) is 36.5 Å². The molecule has 0 unspecified atom stereocenters. The average molecular weight is 675 g/mol. The van der Waals surface area contributed by atoms with Crippen LogP contribution in [0.3, 0.4) is 0 Å². The van der Waals surface area contributed by atoms with Gasteiger partial charge in [-0.3, -0.25) is 19.7 Å². The molecule has 0 spiro atoms. The zero-order valence-electron chi connectivity index (χ0n) is 21.2. The summed E-state index contributed by atoms with van der Waals surface area (Å²) in [6, 6.07) is 13.4. The number of anilines is 1. The van der Waals surface area contributed by atoms with Crippen LogP contribution in [0, 0.1) is 15.9 Å². The molecule has 0 aliphatic heterocycles. The van der Waals surface area contributed by atoms with E-state index in [4.69, 9.17) is 4.74 Å². The SMILES string of the molecule is CC[C@@H](C)c1nc2ccc(Br)cc2c(=O)n1N=Cc1cc(Br)cc([N+](=O)[O-])c1OCC(=O)Nc1ccccc1F. The molecular weight excluding hydrogens is 653 g/mol. The third kappa shape index (κ3) is 6.42. The van der Waals surface area contributed by atoms with E-state index in [0.717, 1.165) is 4.68 Å². The highest BCUT2D eigenvalue weighted by Gasteiger charge is 2.22. The summed E-state index contributed by atoms with van der Waals surface area (Å²) in [5.41, 5.74) is -0.289. The Morgan fingerprint density at radius 1 is 1.23 bits per heavy atom. The Balaban J connectivity index is 1.75. The van der Waals surface area contributed by atoms with Gasteiger partial charge in [-0.05, 0) is 42.8 Å². The lowest BCUT2D eigenvalue weighted by Gasteiger charge is -2.14. The Bertz CT molecular complexity index is 1710. The smallest absolute Gasteiger partial charge is 0.312 e. The molecule has 0 bridgehead atoms. The second kappa shape index (κ2) is 12.5. The monoisotopic (exact) mass is 673 g/mol. The number of amides is 1. The molecule has 0 aliphatic carbocycles. The number of carbonyl (C=O) groups excluding carboxylic acids is 1. The van der Waals surface area contributed by atoms with Gasteiger partial charge in [-0.2, -0.15) is 9.78 Å². The number of ether oxygens (including phenoxy) is 1. The Morgan fingerprint density at radius 3 is 2.67 bits per heavy atom. The summed E-state index contributed by atoms with van der Waals surface area (Å²) in [6.07, 6.45) is 1.92. The maximum atomic E-state index is 13.9. The number of hydrogen-bond acceptors (Lipinski definition) is 7. The molecule has 206 valence electrons. The van der Waals surface area contributed by atoms with Crippen LogP contribution in [0.5, 0.6) is 5.75 Å². The van der Waals surface area contributed by atoms with E-state index in [2.05, 4.69) is 47.3 Å². The first-order valence-electron chi connectivity index (χ1n) is 12.0. The van der Waals surface area contributed by atoms with Gasteiger partial charge < -0.3 is 10.1 Å². The maximum Gasteiger partial charge on any atom is 0.312 e. The summed E-state index contributed by atoms with van der Waals surface area (Å²) in [5, 5.41) is 18.9. The number of fused-ring (bicyclic) bond motifs is 1. The topological polar surface area (TPSA) is 129 Å². The first-order chi connectivity index (χ1) is 19.1. The van der Waals surface area contributed by atoms with Crippen molar-refractivity contribution in [2.45, 2.75) is 26.2 Å². The van der Waals surface area contributed by atoms with Gasteiger partial charge in [0.2, 0.25) is 5.75 Å². The van der Waals surface area contributed by atoms with Gasteiger partial charge >= 0.3 is 5.69 Å². The van der Waals surface area contributed by atoms with Crippen molar-refractivity contribution in [2.24, 2.45) is 5.10 Å². The van der Waals surface area contributed by atoms with Crippen molar-refractivity contribution >= 4 is 66.3 Å². The van der Waals surface area contributed by atoms with Gasteiger partial charge in [0.1, 0.15) is 11.6 Å². The lowest BCUT2D eigenvalue weighted by Crippen LogP contribution is -2.24. The number of carbonyl (C=O) groups is 1. The highest BCUT2D eigenvalue weighted by molar-refractivity contribution is 9.10. The van der Waals surface area contributed by atoms with Crippen LogP contribution in [0.25, 0.3) is 10.9 Å². The van der Waals surface area contributed by atoms with Crippen LogP contribution in [0.2, 0.25) is 0 Å². The Labute approximate surface area is 244 Å². The van der Waals surface area contributed by atoms with Gasteiger partial charge in [0.15, 0.2) is 6.61 Å². The zero-order chi connectivity index (χ0) is 29.0. The second-order valence-electron chi connectivity index (χ2n) is 8.72. The molecule has 4 aromatic rings. The fraction of sp³-hybridized carbons (Fsp3) is 0.185. The molecule has 0 saturated heterocycles. The van der Waals surface area contributed by atoms with Gasteiger partial charge in [0.25, 0.3) is 11.5 Å². The molecular formula is C27H22Br2FN5O5. The van der Waals surface area contributed by atoms with Crippen LogP contribution in [0.1, 0.15) is 37.6 Å². The highest BCUT2D eigenvalue weighted by Crippen LogP contribution is 2.34. The molecule has 4 rings (SSSR count). The molecule has 40 heavy (non-hydrogen) atoms. The van der Waals surface area contributed by atoms with E-state index in [-0.39, 0.29) is 22.9 Å². The molecule has 1 amide bonds. The third-order valence-electron chi connectivity index (χ3n) is 5.95. The van der Waals surface area contributed by atoms with E-state index in [1.807, 2.05) is 13.8 Å². The van der Waals surface area contributed by atoms with Gasteiger partial charge in [-0.25, -0.2) is 9.37 Å². The van der Waals surface area contributed by atoms with Gasteiger partial charge in [0, 0.05) is 26.5 Å². The summed E-state index contributed by atoms with van der Waals surface area (Å²) < 4.78 is 21.7. The molecule has 0 saturated carbocycles. The maximum absolute atomic E-state index is 13.9. The summed E-state index contributed by atoms with van der Waals surface area (Å²) in [6.45, 7) is 3.21. The standard InChI is InChI=1S/C27H22Br2FN5O5/c1-3-15(2)26-33-21-9-8-17(28)11-19(21)27(37)34(26)31-13-16-10-18(29)12-23(35(38)39)25(16)40-14-24(36)32-22-7-5-4-6-20(22)30/h4-13,15H,3,14H2,1-2H3,(H,32,36)/t15-/m1/s1. The fourth-order valence-corrected chi connectivity index (χ4v) is 4.60. The summed E-state index contributed by atoms with van der Waals surface area (Å²) in [4.78, 5) is 41.7. The predicted molar refractivity (Wildman–Crippen MR) is 157 cm³/mol. The van der Waals surface area contributed by atoms with Crippen LogP contribution in [0.4, 0.5) is 15.8 Å². The summed E-state index contributed by atoms with van der Waals surface area (Å²) in [5.74, 6) is -1.35. The molecule has 13 heteroatoms. The van der Waals surface area contributed by atoms with Gasteiger partial charge in [-0.1, -0.05) is 57.8 Å². The van der Waals surface area contributed by atoms with E-state index < -0.39 is 34.5 Å². The third-order valence-corrected chi connectivity index (χ3v) is 6.90. The van der Waals surface area contributed by atoms with Gasteiger partial charge in [0.05, 0.1) is 27.7 Å². The molecule has 1 heterocycles. The normalized spacial score (nSPS) is 12.0. The Hall–Kier alpha value is -3.97.